The van der Waals surface area contributed by atoms with Crippen LogP contribution < -0.4 is 0 Å². The molecule has 3 heterocycles. The largest absolute Gasteiger partial charge is 0.494 e. The third-order valence-electron chi connectivity index (χ3n) is 3.65. The van der Waals surface area contributed by atoms with Crippen LogP contribution in [0.2, 0.25) is 0 Å². The molecule has 1 aromatic heterocycles. The highest BCUT2D eigenvalue weighted by molar-refractivity contribution is 5.29. The van der Waals surface area contributed by atoms with Gasteiger partial charge in [0, 0.05) is 6.54 Å². The molecule has 0 radical (unpaired) electrons. The molecule has 0 saturated heterocycles. The second-order valence-electron chi connectivity index (χ2n) is 4.89. The smallest absolute Gasteiger partial charge is 0.110 e. The monoisotopic (exact) mass is 218 g/mol. The van der Waals surface area contributed by atoms with Crippen LogP contribution in [-0.2, 0) is 11.3 Å². The summed E-state index contributed by atoms with van der Waals surface area (Å²) in [5.74, 6) is 1.49. The summed E-state index contributed by atoms with van der Waals surface area (Å²) < 4.78 is 8.07. The van der Waals surface area contributed by atoms with Crippen LogP contribution in [0.25, 0.3) is 0 Å². The van der Waals surface area contributed by atoms with Gasteiger partial charge in [0.05, 0.1) is 23.6 Å². The molecule has 86 valence electrons. The van der Waals surface area contributed by atoms with Crippen molar-refractivity contribution >= 4 is 0 Å². The molecular formula is C13H18N2O. The summed E-state index contributed by atoms with van der Waals surface area (Å²) in [4.78, 5) is 0. The second-order valence-corrected chi connectivity index (χ2v) is 4.89. The Balaban J connectivity index is 2.06. The van der Waals surface area contributed by atoms with E-state index in [1.165, 1.54) is 30.5 Å². The first-order valence-electron chi connectivity index (χ1n) is 6.13. The van der Waals surface area contributed by atoms with Gasteiger partial charge < -0.3 is 4.74 Å². The second kappa shape index (κ2) is 3.65. The molecule has 2 aliphatic rings. The quantitative estimate of drug-likeness (QED) is 0.669. The Kier molecular flexibility index (Phi) is 2.27. The Morgan fingerprint density at radius 1 is 1.38 bits per heavy atom. The van der Waals surface area contributed by atoms with Crippen LogP contribution in [0.15, 0.2) is 18.0 Å². The normalized spacial score (nSPS) is 28.5. The molecule has 2 unspecified atom stereocenters. The van der Waals surface area contributed by atoms with Crippen LogP contribution in [0.3, 0.4) is 0 Å². The number of aryl methyl sites for hydroxylation is 2. The lowest BCUT2D eigenvalue weighted by molar-refractivity contribution is 0.115. The van der Waals surface area contributed by atoms with Gasteiger partial charge in [-0.25, -0.2) is 0 Å². The van der Waals surface area contributed by atoms with Crippen LogP contribution in [0, 0.1) is 6.92 Å². The molecular weight excluding hydrogens is 200 g/mol. The fourth-order valence-corrected chi connectivity index (χ4v) is 2.91. The van der Waals surface area contributed by atoms with E-state index >= 15 is 0 Å². The van der Waals surface area contributed by atoms with E-state index in [0.29, 0.717) is 12.0 Å². The van der Waals surface area contributed by atoms with Crippen molar-refractivity contribution in [3.63, 3.8) is 0 Å². The maximum Gasteiger partial charge on any atom is 0.110 e. The average molecular weight is 218 g/mol. The van der Waals surface area contributed by atoms with Crippen molar-refractivity contribution in [1.82, 2.24) is 9.78 Å². The van der Waals surface area contributed by atoms with Crippen LogP contribution >= 0.6 is 0 Å². The van der Waals surface area contributed by atoms with E-state index in [0.717, 1.165) is 12.3 Å². The Hall–Kier alpha value is -1.25. The van der Waals surface area contributed by atoms with E-state index < -0.39 is 0 Å². The zero-order valence-electron chi connectivity index (χ0n) is 9.94. The number of hydrogen-bond donors (Lipinski definition) is 0. The number of aromatic nitrogens is 2. The van der Waals surface area contributed by atoms with Crippen molar-refractivity contribution in [2.75, 3.05) is 0 Å². The van der Waals surface area contributed by atoms with E-state index in [1.807, 2.05) is 6.20 Å². The third kappa shape index (κ3) is 1.46. The van der Waals surface area contributed by atoms with E-state index in [-0.39, 0.29) is 0 Å². The summed E-state index contributed by atoms with van der Waals surface area (Å²) in [7, 11) is 0. The number of allylic oxidation sites excluding steroid dienone is 1. The summed E-state index contributed by atoms with van der Waals surface area (Å²) in [6, 6.07) is 0. The highest BCUT2D eigenvalue weighted by Gasteiger charge is 2.33. The summed E-state index contributed by atoms with van der Waals surface area (Å²) in [6.45, 7) is 5.26. The van der Waals surface area contributed by atoms with Gasteiger partial charge in [-0.1, -0.05) is 0 Å². The summed E-state index contributed by atoms with van der Waals surface area (Å²) >= 11 is 0. The zero-order chi connectivity index (χ0) is 11.1. The van der Waals surface area contributed by atoms with Gasteiger partial charge >= 0.3 is 0 Å². The molecule has 3 heteroatoms. The molecule has 3 nitrogen and oxygen atoms in total. The maximum atomic E-state index is 5.90. The summed E-state index contributed by atoms with van der Waals surface area (Å²) in [5.41, 5.74) is 2.66. The average Bonchev–Trinajstić information content (AvgIpc) is 2.74. The molecule has 2 atom stereocenters. The summed E-state index contributed by atoms with van der Waals surface area (Å²) in [5, 5.41) is 4.48. The van der Waals surface area contributed by atoms with E-state index in [1.54, 1.807) is 0 Å². The molecule has 0 amide bonds. The molecule has 16 heavy (non-hydrogen) atoms. The van der Waals surface area contributed by atoms with Crippen molar-refractivity contribution in [1.29, 1.82) is 0 Å². The predicted octanol–water partition coefficient (Wildman–Crippen LogP) is 2.76. The fraction of sp³-hybridized carbons (Fsp3) is 0.615. The molecule has 0 saturated carbocycles. The van der Waals surface area contributed by atoms with E-state index in [4.69, 9.17) is 4.74 Å². The molecule has 0 spiro atoms. The standard InChI is InChI=1S/C13H18N2O/c1-9-8-14-15-6-4-3-5-12-11(13(9)15)7-10(2)16-12/h7-8,11-12H,3-6H2,1-2H3. The lowest BCUT2D eigenvalue weighted by Crippen LogP contribution is -2.22. The number of fused-ring (bicyclic) bond motifs is 3. The molecule has 0 bridgehead atoms. The lowest BCUT2D eigenvalue weighted by Gasteiger charge is -2.23. The SMILES string of the molecule is CC1=CC2c3c(C)cnn3CCCCC2O1. The van der Waals surface area contributed by atoms with Gasteiger partial charge in [-0.2, -0.15) is 5.10 Å². The summed E-state index contributed by atoms with van der Waals surface area (Å²) in [6.07, 6.45) is 8.20. The maximum absolute atomic E-state index is 5.90. The first kappa shape index (κ1) is 9.94. The van der Waals surface area contributed by atoms with E-state index in [2.05, 4.69) is 29.7 Å². The van der Waals surface area contributed by atoms with Crippen LogP contribution in [-0.4, -0.2) is 15.9 Å². The van der Waals surface area contributed by atoms with Gasteiger partial charge in [-0.15, -0.1) is 0 Å². The molecule has 0 aromatic carbocycles. The predicted molar refractivity (Wildman–Crippen MR) is 62.2 cm³/mol. The minimum atomic E-state index is 0.342. The topological polar surface area (TPSA) is 27.1 Å². The number of nitrogens with zero attached hydrogens (tertiary/aromatic N) is 2. The minimum Gasteiger partial charge on any atom is -0.494 e. The van der Waals surface area contributed by atoms with Crippen LogP contribution in [0.5, 0.6) is 0 Å². The van der Waals surface area contributed by atoms with Crippen molar-refractivity contribution in [3.05, 3.63) is 29.3 Å². The van der Waals surface area contributed by atoms with Crippen LogP contribution in [0.1, 0.15) is 43.4 Å². The number of rotatable bonds is 0. The Morgan fingerprint density at radius 2 is 2.25 bits per heavy atom. The third-order valence-corrected chi connectivity index (χ3v) is 3.65. The van der Waals surface area contributed by atoms with Crippen molar-refractivity contribution in [2.24, 2.45) is 0 Å². The molecule has 1 aromatic rings. The Labute approximate surface area is 96.1 Å². The molecule has 2 aliphatic heterocycles. The zero-order valence-corrected chi connectivity index (χ0v) is 9.94. The molecule has 0 aliphatic carbocycles. The lowest BCUT2D eigenvalue weighted by atomic mass is 9.92. The Morgan fingerprint density at radius 3 is 3.12 bits per heavy atom. The van der Waals surface area contributed by atoms with Gasteiger partial charge in [0.15, 0.2) is 0 Å². The molecule has 0 N–H and O–H groups in total. The fourth-order valence-electron chi connectivity index (χ4n) is 2.91. The van der Waals surface area contributed by atoms with Gasteiger partial charge in [-0.3, -0.25) is 4.68 Å². The van der Waals surface area contributed by atoms with Crippen molar-refractivity contribution < 1.29 is 4.74 Å². The van der Waals surface area contributed by atoms with Gasteiger partial charge in [0.2, 0.25) is 0 Å². The molecule has 3 rings (SSSR count). The minimum absolute atomic E-state index is 0.342. The van der Waals surface area contributed by atoms with Gasteiger partial charge in [-0.05, 0) is 44.7 Å². The first-order chi connectivity index (χ1) is 7.75. The number of hydrogen-bond acceptors (Lipinski definition) is 2. The highest BCUT2D eigenvalue weighted by Crippen LogP contribution is 2.37. The van der Waals surface area contributed by atoms with Crippen molar-refractivity contribution in [3.8, 4) is 0 Å². The van der Waals surface area contributed by atoms with Gasteiger partial charge in [0.1, 0.15) is 6.10 Å². The highest BCUT2D eigenvalue weighted by atomic mass is 16.5. The molecule has 0 fully saturated rings. The first-order valence-corrected chi connectivity index (χ1v) is 6.13. The van der Waals surface area contributed by atoms with E-state index in [9.17, 15) is 0 Å². The van der Waals surface area contributed by atoms with Crippen molar-refractivity contribution in [2.45, 2.75) is 51.7 Å². The van der Waals surface area contributed by atoms with Gasteiger partial charge in [0.25, 0.3) is 0 Å². The van der Waals surface area contributed by atoms with Crippen LogP contribution in [0.4, 0.5) is 0 Å². The Bertz CT molecular complexity index is 433. The number of ether oxygens (including phenoxy) is 1.